The van der Waals surface area contributed by atoms with Crippen molar-refractivity contribution in [3.05, 3.63) is 137 Å². The van der Waals surface area contributed by atoms with Gasteiger partial charge in [0.1, 0.15) is 5.76 Å². The van der Waals surface area contributed by atoms with Crippen LogP contribution in [0.3, 0.4) is 0 Å². The monoisotopic (exact) mass is 419 g/mol. The fourth-order valence-electron chi connectivity index (χ4n) is 4.81. The Morgan fingerprint density at radius 1 is 0.719 bits per heavy atom. The predicted molar refractivity (Wildman–Crippen MR) is 127 cm³/mol. The summed E-state index contributed by atoms with van der Waals surface area (Å²) < 4.78 is 5.51. The Bertz CT molecular complexity index is 1100. The van der Waals surface area contributed by atoms with Gasteiger partial charge in [0.05, 0.1) is 11.8 Å². The van der Waals surface area contributed by atoms with Gasteiger partial charge in [-0.2, -0.15) is 0 Å². The molecule has 1 saturated heterocycles. The fraction of sp³-hybridized carbons (Fsp3) is 0.138. The SMILES string of the molecule is O=C1CCN(C(c2ccccc2)(c2ccccc2)c2ccccc2)C/C1=C/c1ccco1. The summed E-state index contributed by atoms with van der Waals surface area (Å²) in [6.07, 6.45) is 4.00. The van der Waals surface area contributed by atoms with Crippen molar-refractivity contribution in [3.63, 3.8) is 0 Å². The maximum absolute atomic E-state index is 12.9. The number of hydrogen-bond donors (Lipinski definition) is 0. The van der Waals surface area contributed by atoms with Crippen LogP contribution in [0.4, 0.5) is 0 Å². The summed E-state index contributed by atoms with van der Waals surface area (Å²) in [5.41, 5.74) is 3.81. The van der Waals surface area contributed by atoms with E-state index < -0.39 is 5.54 Å². The maximum Gasteiger partial charge on any atom is 0.161 e. The van der Waals surface area contributed by atoms with Crippen LogP contribution in [0.2, 0.25) is 0 Å². The van der Waals surface area contributed by atoms with Gasteiger partial charge in [-0.3, -0.25) is 9.69 Å². The Labute approximate surface area is 188 Å². The van der Waals surface area contributed by atoms with Crippen molar-refractivity contribution in [2.75, 3.05) is 13.1 Å². The van der Waals surface area contributed by atoms with E-state index in [9.17, 15) is 4.79 Å². The molecule has 4 aromatic rings. The zero-order valence-electron chi connectivity index (χ0n) is 17.9. The zero-order chi connectivity index (χ0) is 21.8. The van der Waals surface area contributed by atoms with Gasteiger partial charge in [0.2, 0.25) is 0 Å². The van der Waals surface area contributed by atoms with Crippen LogP contribution in [-0.2, 0) is 10.3 Å². The molecule has 0 amide bonds. The number of benzene rings is 3. The van der Waals surface area contributed by atoms with Crippen LogP contribution in [0.15, 0.2) is 119 Å². The quantitative estimate of drug-likeness (QED) is 0.297. The minimum Gasteiger partial charge on any atom is -0.465 e. The number of ketones is 1. The molecule has 1 fully saturated rings. The molecule has 0 radical (unpaired) electrons. The molecule has 1 aromatic heterocycles. The summed E-state index contributed by atoms with van der Waals surface area (Å²) in [5, 5.41) is 0. The van der Waals surface area contributed by atoms with Crippen LogP contribution in [0.5, 0.6) is 0 Å². The Balaban J connectivity index is 1.72. The van der Waals surface area contributed by atoms with Gasteiger partial charge in [-0.1, -0.05) is 91.0 Å². The number of furan rings is 1. The van der Waals surface area contributed by atoms with Gasteiger partial charge in [-0.25, -0.2) is 0 Å². The second-order valence-corrected chi connectivity index (χ2v) is 8.09. The number of nitrogens with zero attached hydrogens (tertiary/aromatic N) is 1. The normalized spacial score (nSPS) is 16.4. The van der Waals surface area contributed by atoms with E-state index in [2.05, 4.69) is 77.7 Å². The first-order valence-electron chi connectivity index (χ1n) is 11.0. The largest absolute Gasteiger partial charge is 0.465 e. The standard InChI is InChI=1S/C29H25NO2/c31-28-18-19-30(22-23(28)21-27-17-10-20-32-27)29(24-11-4-1-5-12-24,25-13-6-2-7-14-25)26-15-8-3-9-16-26/h1-17,20-21H,18-19,22H2/b23-21-. The van der Waals surface area contributed by atoms with E-state index in [1.54, 1.807) is 6.26 Å². The number of carbonyl (C=O) groups is 1. The predicted octanol–water partition coefficient (Wildman–Crippen LogP) is 5.93. The molecular weight excluding hydrogens is 394 g/mol. The molecule has 5 rings (SSSR count). The first-order chi connectivity index (χ1) is 15.8. The van der Waals surface area contributed by atoms with Crippen LogP contribution in [0, 0.1) is 0 Å². The molecule has 0 aliphatic carbocycles. The molecule has 1 aliphatic rings. The van der Waals surface area contributed by atoms with Crippen molar-refractivity contribution in [1.29, 1.82) is 0 Å². The van der Waals surface area contributed by atoms with Gasteiger partial charge in [0.15, 0.2) is 5.78 Å². The van der Waals surface area contributed by atoms with E-state index in [1.165, 1.54) is 16.7 Å². The van der Waals surface area contributed by atoms with Crippen molar-refractivity contribution in [2.45, 2.75) is 12.0 Å². The molecule has 0 bridgehead atoms. The lowest BCUT2D eigenvalue weighted by molar-refractivity contribution is -0.117. The first-order valence-corrected chi connectivity index (χ1v) is 11.0. The van der Waals surface area contributed by atoms with E-state index in [4.69, 9.17) is 4.42 Å². The van der Waals surface area contributed by atoms with Crippen molar-refractivity contribution in [3.8, 4) is 0 Å². The van der Waals surface area contributed by atoms with E-state index in [1.807, 2.05) is 36.4 Å². The molecule has 2 heterocycles. The van der Waals surface area contributed by atoms with Crippen LogP contribution in [-0.4, -0.2) is 23.8 Å². The smallest absolute Gasteiger partial charge is 0.161 e. The number of rotatable bonds is 5. The summed E-state index contributed by atoms with van der Waals surface area (Å²) in [5.74, 6) is 0.890. The highest BCUT2D eigenvalue weighted by molar-refractivity contribution is 6.00. The molecule has 0 saturated carbocycles. The van der Waals surface area contributed by atoms with Crippen molar-refractivity contribution in [2.24, 2.45) is 0 Å². The molecule has 158 valence electrons. The van der Waals surface area contributed by atoms with Gasteiger partial charge < -0.3 is 4.42 Å². The van der Waals surface area contributed by atoms with E-state index >= 15 is 0 Å². The third-order valence-electron chi connectivity index (χ3n) is 6.24. The molecule has 0 N–H and O–H groups in total. The highest BCUT2D eigenvalue weighted by Gasteiger charge is 2.44. The lowest BCUT2D eigenvalue weighted by Gasteiger charge is -2.47. The van der Waals surface area contributed by atoms with Crippen LogP contribution < -0.4 is 0 Å². The number of piperidine rings is 1. The molecular formula is C29H25NO2. The Morgan fingerprint density at radius 2 is 1.25 bits per heavy atom. The van der Waals surface area contributed by atoms with E-state index in [-0.39, 0.29) is 5.78 Å². The lowest BCUT2D eigenvalue weighted by Crippen LogP contribution is -2.52. The van der Waals surface area contributed by atoms with E-state index in [0.29, 0.717) is 25.3 Å². The highest BCUT2D eigenvalue weighted by atomic mass is 16.3. The second-order valence-electron chi connectivity index (χ2n) is 8.09. The van der Waals surface area contributed by atoms with Gasteiger partial charge in [-0.15, -0.1) is 0 Å². The molecule has 0 unspecified atom stereocenters. The summed E-state index contributed by atoms with van der Waals surface area (Å²) in [4.78, 5) is 15.3. The number of Topliss-reactive ketones (excluding diaryl/α,β-unsaturated/α-hetero) is 1. The Morgan fingerprint density at radius 3 is 1.72 bits per heavy atom. The van der Waals surface area contributed by atoms with E-state index in [0.717, 1.165) is 5.57 Å². The minimum atomic E-state index is -0.521. The average molecular weight is 420 g/mol. The lowest BCUT2D eigenvalue weighted by atomic mass is 9.74. The zero-order valence-corrected chi connectivity index (χ0v) is 17.9. The number of carbonyl (C=O) groups excluding carboxylic acids is 1. The van der Waals surface area contributed by atoms with Gasteiger partial charge in [0, 0.05) is 25.1 Å². The Kier molecular flexibility index (Phi) is 5.57. The first kappa shape index (κ1) is 20.2. The van der Waals surface area contributed by atoms with Gasteiger partial charge >= 0.3 is 0 Å². The van der Waals surface area contributed by atoms with Gasteiger partial charge in [0.25, 0.3) is 0 Å². The minimum absolute atomic E-state index is 0.181. The summed E-state index contributed by atoms with van der Waals surface area (Å²) in [6, 6.07) is 35.5. The second kappa shape index (κ2) is 8.81. The molecule has 0 spiro atoms. The summed E-state index contributed by atoms with van der Waals surface area (Å²) >= 11 is 0. The van der Waals surface area contributed by atoms with Gasteiger partial charge in [-0.05, 0) is 34.9 Å². The number of hydrogen-bond acceptors (Lipinski definition) is 3. The molecule has 1 aliphatic heterocycles. The topological polar surface area (TPSA) is 33.5 Å². The van der Waals surface area contributed by atoms with Crippen molar-refractivity contribution >= 4 is 11.9 Å². The summed E-state index contributed by atoms with van der Waals surface area (Å²) in [7, 11) is 0. The van der Waals surface area contributed by atoms with Crippen molar-refractivity contribution < 1.29 is 9.21 Å². The summed E-state index contributed by atoms with van der Waals surface area (Å²) in [6.45, 7) is 1.21. The maximum atomic E-state index is 12.9. The molecule has 32 heavy (non-hydrogen) atoms. The molecule has 3 heteroatoms. The molecule has 3 nitrogen and oxygen atoms in total. The third-order valence-corrected chi connectivity index (χ3v) is 6.24. The number of likely N-dealkylation sites (tertiary alicyclic amines) is 1. The van der Waals surface area contributed by atoms with Crippen LogP contribution in [0.25, 0.3) is 6.08 Å². The third kappa shape index (κ3) is 3.61. The van der Waals surface area contributed by atoms with Crippen LogP contribution >= 0.6 is 0 Å². The highest BCUT2D eigenvalue weighted by Crippen LogP contribution is 2.43. The average Bonchev–Trinajstić information content (AvgIpc) is 3.37. The van der Waals surface area contributed by atoms with Crippen LogP contribution in [0.1, 0.15) is 28.9 Å². The molecule has 3 aromatic carbocycles. The fourth-order valence-corrected chi connectivity index (χ4v) is 4.81. The molecule has 0 atom stereocenters. The Hall–Kier alpha value is -3.69. The van der Waals surface area contributed by atoms with Crippen molar-refractivity contribution in [1.82, 2.24) is 4.90 Å².